The molecule has 0 bridgehead atoms. The number of aromatic nitrogens is 3. The van der Waals surface area contributed by atoms with Crippen molar-refractivity contribution in [3.8, 4) is 0 Å². The SMILES string of the molecule is CC(N)C(Sc1ncnn1C)c1cc(Br)cs1. The van der Waals surface area contributed by atoms with Crippen molar-refractivity contribution in [2.45, 2.75) is 23.4 Å². The maximum atomic E-state index is 6.06. The van der Waals surface area contributed by atoms with E-state index in [1.54, 1.807) is 34.1 Å². The highest BCUT2D eigenvalue weighted by Gasteiger charge is 2.21. The number of hydrogen-bond donors (Lipinski definition) is 1. The summed E-state index contributed by atoms with van der Waals surface area (Å²) in [6, 6.07) is 2.17. The molecule has 0 aliphatic carbocycles. The lowest BCUT2D eigenvalue weighted by molar-refractivity contribution is 0.673. The van der Waals surface area contributed by atoms with Crippen LogP contribution < -0.4 is 5.73 Å². The molecule has 92 valence electrons. The Labute approximate surface area is 117 Å². The van der Waals surface area contributed by atoms with Crippen molar-refractivity contribution in [1.82, 2.24) is 14.8 Å². The van der Waals surface area contributed by atoms with Crippen LogP contribution in [-0.4, -0.2) is 20.8 Å². The van der Waals surface area contributed by atoms with Gasteiger partial charge >= 0.3 is 0 Å². The van der Waals surface area contributed by atoms with Crippen LogP contribution in [-0.2, 0) is 7.05 Å². The molecule has 7 heteroatoms. The van der Waals surface area contributed by atoms with Gasteiger partial charge in [0.25, 0.3) is 0 Å². The number of thiophene rings is 1. The van der Waals surface area contributed by atoms with Gasteiger partial charge in [-0.1, -0.05) is 11.8 Å². The molecule has 0 fully saturated rings. The standard InChI is InChI=1S/C10H13BrN4S2/c1-6(12)9(8-3-7(11)4-16-8)17-10-13-5-14-15(10)2/h3-6,9H,12H2,1-2H3. The second-order valence-corrected chi connectivity index (χ2v) is 6.70. The van der Waals surface area contributed by atoms with Gasteiger partial charge in [0.15, 0.2) is 5.16 Å². The summed E-state index contributed by atoms with van der Waals surface area (Å²) >= 11 is 6.83. The first-order valence-corrected chi connectivity index (χ1v) is 7.63. The van der Waals surface area contributed by atoms with E-state index in [0.717, 1.165) is 9.63 Å². The molecule has 0 saturated carbocycles. The summed E-state index contributed by atoms with van der Waals surface area (Å²) in [5.74, 6) is 0. The third-order valence-corrected chi connectivity index (χ3v) is 5.69. The van der Waals surface area contributed by atoms with E-state index in [1.807, 2.05) is 14.0 Å². The summed E-state index contributed by atoms with van der Waals surface area (Å²) in [6.45, 7) is 2.02. The van der Waals surface area contributed by atoms with Crippen LogP contribution in [0.2, 0.25) is 0 Å². The lowest BCUT2D eigenvalue weighted by atomic mass is 10.2. The van der Waals surface area contributed by atoms with Crippen molar-refractivity contribution in [3.63, 3.8) is 0 Å². The molecule has 0 radical (unpaired) electrons. The average Bonchev–Trinajstić information content (AvgIpc) is 2.84. The minimum atomic E-state index is 0.0576. The number of nitrogens with zero attached hydrogens (tertiary/aromatic N) is 3. The lowest BCUT2D eigenvalue weighted by Gasteiger charge is -2.17. The predicted molar refractivity (Wildman–Crippen MR) is 75.3 cm³/mol. The van der Waals surface area contributed by atoms with Crippen LogP contribution in [0, 0.1) is 0 Å². The summed E-state index contributed by atoms with van der Waals surface area (Å²) in [7, 11) is 1.89. The van der Waals surface area contributed by atoms with Crippen LogP contribution in [0.15, 0.2) is 27.4 Å². The fourth-order valence-electron chi connectivity index (χ4n) is 1.41. The number of rotatable bonds is 4. The van der Waals surface area contributed by atoms with Gasteiger partial charge in [0.1, 0.15) is 6.33 Å². The largest absolute Gasteiger partial charge is 0.327 e. The summed E-state index contributed by atoms with van der Waals surface area (Å²) in [6.07, 6.45) is 1.56. The second-order valence-electron chi connectivity index (χ2n) is 3.73. The van der Waals surface area contributed by atoms with E-state index in [2.05, 4.69) is 37.5 Å². The summed E-state index contributed by atoms with van der Waals surface area (Å²) in [4.78, 5) is 5.47. The molecule has 2 N–H and O–H groups in total. The van der Waals surface area contributed by atoms with Gasteiger partial charge in [0.05, 0.1) is 5.25 Å². The van der Waals surface area contributed by atoms with Crippen LogP contribution in [0.25, 0.3) is 0 Å². The van der Waals surface area contributed by atoms with Crippen LogP contribution in [0.5, 0.6) is 0 Å². The predicted octanol–water partition coefficient (Wildman–Crippen LogP) is 2.82. The normalized spacial score (nSPS) is 14.8. The van der Waals surface area contributed by atoms with Gasteiger partial charge in [-0.05, 0) is 28.9 Å². The van der Waals surface area contributed by atoms with Crippen molar-refractivity contribution in [2.24, 2.45) is 12.8 Å². The number of halogens is 1. The second kappa shape index (κ2) is 5.51. The molecule has 2 rings (SSSR count). The van der Waals surface area contributed by atoms with E-state index >= 15 is 0 Å². The Morgan fingerprint density at radius 1 is 1.59 bits per heavy atom. The number of aryl methyl sites for hydroxylation is 1. The van der Waals surface area contributed by atoms with Gasteiger partial charge in [0.2, 0.25) is 0 Å². The van der Waals surface area contributed by atoms with Crippen molar-refractivity contribution in [1.29, 1.82) is 0 Å². The molecular formula is C10H13BrN4S2. The first kappa shape index (κ1) is 13.1. The number of nitrogens with two attached hydrogens (primary N) is 1. The van der Waals surface area contributed by atoms with Gasteiger partial charge < -0.3 is 5.73 Å². The highest BCUT2D eigenvalue weighted by Crippen LogP contribution is 2.39. The molecule has 0 aliphatic rings. The molecule has 0 saturated heterocycles. The topological polar surface area (TPSA) is 56.7 Å². The van der Waals surface area contributed by atoms with Crippen LogP contribution in [0.3, 0.4) is 0 Å². The minimum absolute atomic E-state index is 0.0576. The van der Waals surface area contributed by atoms with Gasteiger partial charge in [-0.3, -0.25) is 0 Å². The monoisotopic (exact) mass is 332 g/mol. The Balaban J connectivity index is 2.22. The van der Waals surface area contributed by atoms with E-state index in [4.69, 9.17) is 5.73 Å². The minimum Gasteiger partial charge on any atom is -0.327 e. The molecule has 0 aromatic carbocycles. The summed E-state index contributed by atoms with van der Waals surface area (Å²) in [5, 5.41) is 7.23. The van der Waals surface area contributed by atoms with Gasteiger partial charge in [-0.15, -0.1) is 11.3 Å². The van der Waals surface area contributed by atoms with Crippen LogP contribution >= 0.6 is 39.0 Å². The highest BCUT2D eigenvalue weighted by molar-refractivity contribution is 9.10. The fourth-order valence-corrected chi connectivity index (χ4v) is 4.19. The van der Waals surface area contributed by atoms with Gasteiger partial charge in [-0.2, -0.15) is 5.10 Å². The number of hydrogen-bond acceptors (Lipinski definition) is 5. The Hall–Kier alpha value is -0.370. The van der Waals surface area contributed by atoms with Crippen molar-refractivity contribution < 1.29 is 0 Å². The first-order chi connectivity index (χ1) is 8.08. The zero-order chi connectivity index (χ0) is 12.4. The molecule has 17 heavy (non-hydrogen) atoms. The van der Waals surface area contributed by atoms with Crippen molar-refractivity contribution in [3.05, 3.63) is 27.1 Å². The molecule has 2 aromatic heterocycles. The van der Waals surface area contributed by atoms with E-state index in [9.17, 15) is 0 Å². The lowest BCUT2D eigenvalue weighted by Crippen LogP contribution is -2.22. The Kier molecular flexibility index (Phi) is 4.24. The highest BCUT2D eigenvalue weighted by atomic mass is 79.9. The third-order valence-electron chi connectivity index (χ3n) is 2.25. The summed E-state index contributed by atoms with van der Waals surface area (Å²) < 4.78 is 2.87. The van der Waals surface area contributed by atoms with E-state index in [-0.39, 0.29) is 11.3 Å². The Morgan fingerprint density at radius 2 is 2.35 bits per heavy atom. The third kappa shape index (κ3) is 3.09. The first-order valence-electron chi connectivity index (χ1n) is 5.08. The average molecular weight is 333 g/mol. The molecule has 0 amide bonds. The maximum absolute atomic E-state index is 6.06. The smallest absolute Gasteiger partial charge is 0.186 e. The zero-order valence-corrected chi connectivity index (χ0v) is 12.7. The molecule has 0 aliphatic heterocycles. The maximum Gasteiger partial charge on any atom is 0.186 e. The Morgan fingerprint density at radius 3 is 2.82 bits per heavy atom. The molecule has 2 heterocycles. The molecule has 2 unspecified atom stereocenters. The van der Waals surface area contributed by atoms with Crippen molar-refractivity contribution in [2.75, 3.05) is 0 Å². The number of thioether (sulfide) groups is 1. The molecule has 2 atom stereocenters. The molecule has 0 spiro atoms. The van der Waals surface area contributed by atoms with E-state index in [1.165, 1.54) is 4.88 Å². The van der Waals surface area contributed by atoms with Crippen LogP contribution in [0.4, 0.5) is 0 Å². The van der Waals surface area contributed by atoms with E-state index < -0.39 is 0 Å². The molecular weight excluding hydrogens is 320 g/mol. The van der Waals surface area contributed by atoms with E-state index in [0.29, 0.717) is 0 Å². The molecule has 4 nitrogen and oxygen atoms in total. The summed E-state index contributed by atoms with van der Waals surface area (Å²) in [5.41, 5.74) is 6.06. The quantitative estimate of drug-likeness (QED) is 0.874. The van der Waals surface area contributed by atoms with Crippen LogP contribution in [0.1, 0.15) is 17.1 Å². The fraction of sp³-hybridized carbons (Fsp3) is 0.400. The van der Waals surface area contributed by atoms with Gasteiger partial charge in [-0.25, -0.2) is 9.67 Å². The van der Waals surface area contributed by atoms with Crippen molar-refractivity contribution >= 4 is 39.0 Å². The van der Waals surface area contributed by atoms with Gasteiger partial charge in [0, 0.05) is 27.8 Å². The Bertz CT molecular complexity index is 494. The molecule has 2 aromatic rings. The zero-order valence-electron chi connectivity index (χ0n) is 9.50.